The zero-order valence-corrected chi connectivity index (χ0v) is 37.4. The summed E-state index contributed by atoms with van der Waals surface area (Å²) >= 11 is 3.65. The van der Waals surface area contributed by atoms with E-state index in [0.29, 0.717) is 41.4 Å². The van der Waals surface area contributed by atoms with Crippen molar-refractivity contribution in [2.75, 3.05) is 11.9 Å². The van der Waals surface area contributed by atoms with Crippen molar-refractivity contribution in [2.45, 2.75) is 84.3 Å². The topological polar surface area (TPSA) is 106 Å². The van der Waals surface area contributed by atoms with Crippen molar-refractivity contribution in [1.82, 2.24) is 24.4 Å². The molecule has 9 nitrogen and oxygen atoms in total. The van der Waals surface area contributed by atoms with Crippen LogP contribution in [0.2, 0.25) is 0 Å². The second-order valence-corrected chi connectivity index (χ2v) is 16.3. The normalized spacial score (nSPS) is 14.0. The quantitative estimate of drug-likeness (QED) is 0.0572. The molecule has 4 aromatic carbocycles. The van der Waals surface area contributed by atoms with Gasteiger partial charge in [-0.15, -0.1) is 0 Å². The number of imidazole rings is 2. The van der Waals surface area contributed by atoms with Crippen LogP contribution in [0.25, 0.3) is 22.5 Å². The monoisotopic (exact) mass is 905 g/mol. The Morgan fingerprint density at radius 1 is 0.790 bits per heavy atom. The van der Waals surface area contributed by atoms with Crippen LogP contribution in [0.3, 0.4) is 0 Å². The standard InChI is InChI=1S/C21H20F2N4O.C15H16BrFN2.C7H4FNO.C4H9.Li/c1-21(2)20-26-17(13-3-5-14(22)6-4-13)18(27(20)12-11-24-21)19(28)25-16-9-7-15(23)8-10-16;1-15(2)8-3-9-19-13(16)12(18-14(15)19)10-4-6-11(17)7-5-10;8-6-1-3-7(4-2-6)9-5-10;1-3-4-2;/h3-10,24H,11-12H2,1-2H3,(H,25,28);4-7H,3,8-9H2,1-2H3;1-4H;1,3-4H2,2H3;/q;;;-1;+1. The number of fused-ring (bicyclic) bond motifs is 2. The Hall–Kier alpha value is -5.09. The van der Waals surface area contributed by atoms with E-state index in [1.807, 2.05) is 18.4 Å². The van der Waals surface area contributed by atoms with Crippen LogP contribution in [0.4, 0.5) is 28.9 Å². The van der Waals surface area contributed by atoms with Crippen molar-refractivity contribution in [2.24, 2.45) is 4.99 Å². The number of nitrogens with zero attached hydrogens (tertiary/aromatic N) is 5. The van der Waals surface area contributed by atoms with Crippen LogP contribution in [0.5, 0.6) is 0 Å². The van der Waals surface area contributed by atoms with Gasteiger partial charge in [-0.2, -0.15) is 11.4 Å². The van der Waals surface area contributed by atoms with E-state index in [0.717, 1.165) is 53.3 Å². The Bertz CT molecular complexity index is 2440. The van der Waals surface area contributed by atoms with E-state index < -0.39 is 5.54 Å². The van der Waals surface area contributed by atoms with E-state index in [9.17, 15) is 27.2 Å². The minimum absolute atomic E-state index is 0. The summed E-state index contributed by atoms with van der Waals surface area (Å²) < 4.78 is 56.9. The number of hydrogen-bond acceptors (Lipinski definition) is 6. The Morgan fingerprint density at radius 2 is 1.27 bits per heavy atom. The van der Waals surface area contributed by atoms with Crippen LogP contribution in [0.15, 0.2) is 107 Å². The van der Waals surface area contributed by atoms with Crippen LogP contribution in [-0.2, 0) is 28.8 Å². The number of aliphatic imine (C=N–C) groups is 1. The fourth-order valence-electron chi connectivity index (χ4n) is 6.77. The van der Waals surface area contributed by atoms with Gasteiger partial charge in [0.2, 0.25) is 6.08 Å². The van der Waals surface area contributed by atoms with Crippen LogP contribution in [0.1, 0.15) is 82.4 Å². The molecule has 0 saturated carbocycles. The van der Waals surface area contributed by atoms with Crippen LogP contribution in [-0.4, -0.2) is 37.6 Å². The molecule has 0 bridgehead atoms. The molecule has 15 heteroatoms. The number of amides is 1. The zero-order chi connectivity index (χ0) is 44.3. The number of halogens is 5. The molecule has 2 aliphatic rings. The first-order valence-electron chi connectivity index (χ1n) is 19.9. The average molecular weight is 907 g/mol. The third kappa shape index (κ3) is 12.5. The minimum Gasteiger partial charge on any atom is -0.343 e. The third-order valence-electron chi connectivity index (χ3n) is 10.0. The molecule has 2 N–H and O–H groups in total. The smallest absolute Gasteiger partial charge is 0.343 e. The van der Waals surface area contributed by atoms with Gasteiger partial charge in [-0.1, -0.05) is 27.2 Å². The predicted octanol–water partition coefficient (Wildman–Crippen LogP) is 8.86. The summed E-state index contributed by atoms with van der Waals surface area (Å²) in [4.78, 5) is 35.6. The third-order valence-corrected chi connectivity index (χ3v) is 10.8. The van der Waals surface area contributed by atoms with Crippen LogP contribution >= 0.6 is 15.9 Å². The number of rotatable bonds is 6. The van der Waals surface area contributed by atoms with Gasteiger partial charge in [0.25, 0.3) is 5.91 Å². The summed E-state index contributed by atoms with van der Waals surface area (Å²) in [7, 11) is 0. The van der Waals surface area contributed by atoms with E-state index in [-0.39, 0.29) is 53.5 Å². The van der Waals surface area contributed by atoms with E-state index in [1.165, 1.54) is 85.3 Å². The summed E-state index contributed by atoms with van der Waals surface area (Å²) in [5, 5.41) is 6.20. The number of isocyanates is 1. The second kappa shape index (κ2) is 22.3. The van der Waals surface area contributed by atoms with Gasteiger partial charge in [0.15, 0.2) is 0 Å². The number of aromatic nitrogens is 4. The molecular weight excluding hydrogens is 857 g/mol. The Kier molecular flexibility index (Phi) is 17.8. The number of nitrogens with one attached hydrogen (secondary N) is 2. The van der Waals surface area contributed by atoms with Crippen molar-refractivity contribution in [1.29, 1.82) is 0 Å². The maximum Gasteiger partial charge on any atom is 1.00 e. The fourth-order valence-corrected chi connectivity index (χ4v) is 7.44. The van der Waals surface area contributed by atoms with E-state index in [4.69, 9.17) is 9.97 Å². The van der Waals surface area contributed by atoms with Gasteiger partial charge >= 0.3 is 18.9 Å². The fraction of sp³-hybridized carbons (Fsp3) is 0.298. The largest absolute Gasteiger partial charge is 1.00 e. The molecule has 0 radical (unpaired) electrons. The number of unbranched alkanes of at least 4 members (excludes halogenated alkanes) is 1. The number of anilines is 1. The number of carbonyl (C=O) groups excluding carboxylic acids is 2. The molecule has 0 atom stereocenters. The van der Waals surface area contributed by atoms with Gasteiger partial charge < -0.3 is 26.7 Å². The number of carbonyl (C=O) groups is 1. The molecule has 0 spiro atoms. The van der Waals surface area contributed by atoms with Gasteiger partial charge in [-0.3, -0.25) is 4.79 Å². The number of benzene rings is 4. The molecule has 0 unspecified atom stereocenters. The van der Waals surface area contributed by atoms with Crippen molar-refractivity contribution in [3.8, 4) is 22.5 Å². The van der Waals surface area contributed by atoms with E-state index >= 15 is 0 Å². The molecule has 1 amide bonds. The molecule has 2 aliphatic heterocycles. The van der Waals surface area contributed by atoms with E-state index in [1.54, 1.807) is 24.3 Å². The average Bonchev–Trinajstić information content (AvgIpc) is 3.81. The van der Waals surface area contributed by atoms with E-state index in [2.05, 4.69) is 63.8 Å². The summed E-state index contributed by atoms with van der Waals surface area (Å²) in [5.74, 6) is 0.218. The summed E-state index contributed by atoms with van der Waals surface area (Å²) in [5.41, 5.74) is 3.99. The number of hydrogen-bond donors (Lipinski definition) is 2. The molecule has 2 aromatic heterocycles. The molecule has 4 heterocycles. The molecule has 62 heavy (non-hydrogen) atoms. The predicted molar refractivity (Wildman–Crippen MR) is 235 cm³/mol. The molecule has 6 aromatic rings. The molecule has 0 aliphatic carbocycles. The maximum atomic E-state index is 13.4. The Balaban J connectivity index is 0.000000214. The first-order valence-corrected chi connectivity index (χ1v) is 20.7. The van der Waals surface area contributed by atoms with Crippen molar-refractivity contribution >= 4 is 39.3 Å². The van der Waals surface area contributed by atoms with Gasteiger partial charge in [0.1, 0.15) is 56.6 Å². The van der Waals surface area contributed by atoms with Crippen molar-refractivity contribution in [3.63, 3.8) is 0 Å². The van der Waals surface area contributed by atoms with Crippen molar-refractivity contribution in [3.05, 3.63) is 149 Å². The summed E-state index contributed by atoms with van der Waals surface area (Å²) in [6, 6.07) is 23.3. The molecule has 0 fully saturated rings. The Morgan fingerprint density at radius 3 is 1.77 bits per heavy atom. The minimum atomic E-state index is -0.415. The van der Waals surface area contributed by atoms with Gasteiger partial charge in [-0.25, -0.2) is 32.3 Å². The summed E-state index contributed by atoms with van der Waals surface area (Å²) in [6.45, 7) is 16.4. The Labute approximate surface area is 380 Å². The maximum absolute atomic E-state index is 13.4. The first kappa shape index (κ1) is 49.6. The SMILES string of the molecule is CC1(C)CCCn2c1nc(-c1ccc(F)cc1)c2Br.CC1(C)NCCn2c1nc(-c1ccc(F)cc1)c2C(=O)Nc1ccc(F)cc1.O=C=Nc1ccc(F)cc1.[CH2-]CCC.[Li+]. The zero-order valence-electron chi connectivity index (χ0n) is 35.8. The molecule has 0 saturated heterocycles. The van der Waals surface area contributed by atoms with Gasteiger partial charge in [-0.05, 0) is 140 Å². The van der Waals surface area contributed by atoms with Crippen molar-refractivity contribution < 1.29 is 46.0 Å². The first-order chi connectivity index (χ1) is 29.1. The molecule has 320 valence electrons. The summed E-state index contributed by atoms with van der Waals surface area (Å²) in [6.07, 6.45) is 5.95. The van der Waals surface area contributed by atoms with Gasteiger partial charge in [0.05, 0.1) is 11.2 Å². The van der Waals surface area contributed by atoms with Gasteiger partial charge in [0, 0.05) is 41.9 Å². The van der Waals surface area contributed by atoms with Crippen LogP contribution < -0.4 is 29.5 Å². The molecular formula is C47H49BrF4LiN7O2. The second-order valence-electron chi connectivity index (χ2n) is 15.6. The van der Waals surface area contributed by atoms with Crippen LogP contribution in [0, 0.1) is 30.2 Å². The molecule has 8 rings (SSSR count).